The van der Waals surface area contributed by atoms with Crippen LogP contribution in [0.2, 0.25) is 0 Å². The van der Waals surface area contributed by atoms with E-state index in [4.69, 9.17) is 5.26 Å². The van der Waals surface area contributed by atoms with Gasteiger partial charge in [0.25, 0.3) is 5.91 Å². The quantitative estimate of drug-likeness (QED) is 0.902. The molecular formula is C17H19N3O3. The highest BCUT2D eigenvalue weighted by Crippen LogP contribution is 2.40. The number of aryl methyl sites for hydroxylation is 1. The van der Waals surface area contributed by atoms with Crippen molar-refractivity contribution in [3.05, 3.63) is 29.1 Å². The van der Waals surface area contributed by atoms with E-state index in [2.05, 4.69) is 4.98 Å². The van der Waals surface area contributed by atoms with Crippen LogP contribution in [0.25, 0.3) is 0 Å². The van der Waals surface area contributed by atoms with Gasteiger partial charge in [-0.05, 0) is 44.2 Å². The maximum absolute atomic E-state index is 12.9. The Morgan fingerprint density at radius 1 is 1.35 bits per heavy atom. The Bertz CT molecular complexity index is 695. The number of rotatable bonds is 2. The van der Waals surface area contributed by atoms with Crippen LogP contribution in [0.15, 0.2) is 12.1 Å². The second-order valence-corrected chi connectivity index (χ2v) is 6.36. The molecule has 120 valence electrons. The maximum atomic E-state index is 12.9. The van der Waals surface area contributed by atoms with Crippen LogP contribution in [0.1, 0.15) is 53.8 Å². The number of aromatic nitrogens is 1. The van der Waals surface area contributed by atoms with E-state index in [1.807, 2.05) is 6.07 Å². The minimum absolute atomic E-state index is 0.00454. The maximum Gasteiger partial charge on any atom is 0.326 e. The predicted molar refractivity (Wildman–Crippen MR) is 81.6 cm³/mol. The molecule has 2 heterocycles. The van der Waals surface area contributed by atoms with E-state index in [1.165, 1.54) is 11.0 Å². The van der Waals surface area contributed by atoms with Crippen molar-refractivity contribution in [1.82, 2.24) is 9.88 Å². The molecule has 6 nitrogen and oxygen atoms in total. The molecule has 1 amide bonds. The standard InChI is InChI=1S/C17H19N3O3/c1-10-12(9-18)6-7-13(19-10)16(21)20-14-5-3-2-4-11(14)8-15(20)17(22)23/h6-7,11,14-15H,2-5,8H2,1H3,(H,22,23)/t11-,14+,15-/m0/s1. The molecule has 0 aromatic carbocycles. The zero-order valence-electron chi connectivity index (χ0n) is 13.0. The Morgan fingerprint density at radius 2 is 2.09 bits per heavy atom. The minimum Gasteiger partial charge on any atom is -0.480 e. The van der Waals surface area contributed by atoms with E-state index >= 15 is 0 Å². The molecule has 3 rings (SSSR count). The highest BCUT2D eigenvalue weighted by molar-refractivity contribution is 5.95. The van der Waals surface area contributed by atoms with E-state index in [0.717, 1.165) is 25.7 Å². The summed E-state index contributed by atoms with van der Waals surface area (Å²) in [6.07, 6.45) is 4.50. The van der Waals surface area contributed by atoms with Gasteiger partial charge in [-0.25, -0.2) is 9.78 Å². The summed E-state index contributed by atoms with van der Waals surface area (Å²) in [6.45, 7) is 1.68. The first-order valence-electron chi connectivity index (χ1n) is 7.96. The van der Waals surface area contributed by atoms with E-state index in [-0.39, 0.29) is 23.6 Å². The number of fused-ring (bicyclic) bond motifs is 1. The Balaban J connectivity index is 1.93. The van der Waals surface area contributed by atoms with Gasteiger partial charge in [-0.3, -0.25) is 4.79 Å². The number of hydrogen-bond acceptors (Lipinski definition) is 4. The van der Waals surface area contributed by atoms with Crippen molar-refractivity contribution in [2.45, 2.75) is 51.1 Å². The highest BCUT2D eigenvalue weighted by atomic mass is 16.4. The van der Waals surface area contributed by atoms with Gasteiger partial charge in [0.2, 0.25) is 0 Å². The number of carboxylic acids is 1. The van der Waals surface area contributed by atoms with Crippen molar-refractivity contribution in [2.24, 2.45) is 5.92 Å². The van der Waals surface area contributed by atoms with Crippen molar-refractivity contribution in [3.63, 3.8) is 0 Å². The third-order valence-corrected chi connectivity index (χ3v) is 5.03. The number of carbonyl (C=O) groups excluding carboxylic acids is 1. The minimum atomic E-state index is -0.946. The van der Waals surface area contributed by atoms with Crippen LogP contribution in [-0.2, 0) is 4.79 Å². The lowest BCUT2D eigenvalue weighted by Gasteiger charge is -2.32. The molecule has 2 fully saturated rings. The first-order chi connectivity index (χ1) is 11.0. The van der Waals surface area contributed by atoms with Gasteiger partial charge in [-0.1, -0.05) is 12.8 Å². The number of carbonyl (C=O) groups is 2. The van der Waals surface area contributed by atoms with Crippen molar-refractivity contribution in [1.29, 1.82) is 5.26 Å². The summed E-state index contributed by atoms with van der Waals surface area (Å²) < 4.78 is 0. The predicted octanol–water partition coefficient (Wildman–Crippen LogP) is 2.12. The van der Waals surface area contributed by atoms with Crippen LogP contribution >= 0.6 is 0 Å². The first kappa shape index (κ1) is 15.5. The molecule has 6 heteroatoms. The smallest absolute Gasteiger partial charge is 0.326 e. The lowest BCUT2D eigenvalue weighted by molar-refractivity contribution is -0.141. The molecule has 1 saturated carbocycles. The molecule has 0 radical (unpaired) electrons. The Morgan fingerprint density at radius 3 is 2.74 bits per heavy atom. The van der Waals surface area contributed by atoms with Gasteiger partial charge in [-0.2, -0.15) is 5.26 Å². The van der Waals surface area contributed by atoms with Crippen LogP contribution in [0.5, 0.6) is 0 Å². The number of hydrogen-bond donors (Lipinski definition) is 1. The van der Waals surface area contributed by atoms with E-state index in [1.54, 1.807) is 13.0 Å². The van der Waals surface area contributed by atoms with Gasteiger partial charge in [0, 0.05) is 6.04 Å². The van der Waals surface area contributed by atoms with Gasteiger partial charge < -0.3 is 10.0 Å². The zero-order chi connectivity index (χ0) is 16.6. The third kappa shape index (κ3) is 2.67. The molecule has 3 atom stereocenters. The number of carboxylic acid groups (broad SMARTS) is 1. The Kier molecular flexibility index (Phi) is 4.03. The molecule has 1 aromatic heterocycles. The topological polar surface area (TPSA) is 94.3 Å². The number of amides is 1. The normalized spacial score (nSPS) is 26.4. The fraction of sp³-hybridized carbons (Fsp3) is 0.529. The highest BCUT2D eigenvalue weighted by Gasteiger charge is 2.47. The zero-order valence-corrected chi connectivity index (χ0v) is 13.0. The summed E-state index contributed by atoms with van der Waals surface area (Å²) in [4.78, 5) is 30.2. The molecule has 1 saturated heterocycles. The summed E-state index contributed by atoms with van der Waals surface area (Å²) in [5.41, 5.74) is 1.14. The summed E-state index contributed by atoms with van der Waals surface area (Å²) in [7, 11) is 0. The summed E-state index contributed by atoms with van der Waals surface area (Å²) in [5.74, 6) is -1.01. The van der Waals surface area contributed by atoms with Crippen molar-refractivity contribution in [2.75, 3.05) is 0 Å². The second kappa shape index (κ2) is 5.99. The molecule has 0 spiro atoms. The number of pyridine rings is 1. The lowest BCUT2D eigenvalue weighted by atomic mass is 9.84. The van der Waals surface area contributed by atoms with Crippen molar-refractivity contribution < 1.29 is 14.7 Å². The second-order valence-electron chi connectivity index (χ2n) is 6.36. The van der Waals surface area contributed by atoms with Crippen LogP contribution < -0.4 is 0 Å². The van der Waals surface area contributed by atoms with Gasteiger partial charge in [0.15, 0.2) is 0 Å². The van der Waals surface area contributed by atoms with Crippen LogP contribution in [0.4, 0.5) is 0 Å². The number of nitriles is 1. The first-order valence-corrected chi connectivity index (χ1v) is 7.96. The Hall–Kier alpha value is -2.42. The van der Waals surface area contributed by atoms with E-state index < -0.39 is 12.0 Å². The lowest BCUT2D eigenvalue weighted by Crippen LogP contribution is -2.46. The van der Waals surface area contributed by atoms with E-state index in [9.17, 15) is 14.7 Å². The van der Waals surface area contributed by atoms with Crippen molar-refractivity contribution in [3.8, 4) is 6.07 Å². The number of nitrogens with zero attached hydrogens (tertiary/aromatic N) is 3. The molecule has 1 aromatic rings. The fourth-order valence-electron chi connectivity index (χ4n) is 3.90. The molecule has 2 aliphatic rings. The third-order valence-electron chi connectivity index (χ3n) is 5.03. The van der Waals surface area contributed by atoms with Crippen LogP contribution in [0, 0.1) is 24.2 Å². The molecule has 23 heavy (non-hydrogen) atoms. The fourth-order valence-corrected chi connectivity index (χ4v) is 3.90. The van der Waals surface area contributed by atoms with Crippen molar-refractivity contribution >= 4 is 11.9 Å². The average Bonchev–Trinajstić information content (AvgIpc) is 2.93. The van der Waals surface area contributed by atoms with Gasteiger partial charge in [-0.15, -0.1) is 0 Å². The summed E-state index contributed by atoms with van der Waals surface area (Å²) in [6, 6.07) is 4.33. The van der Waals surface area contributed by atoms with Crippen LogP contribution in [0.3, 0.4) is 0 Å². The summed E-state index contributed by atoms with van der Waals surface area (Å²) >= 11 is 0. The van der Waals surface area contributed by atoms with E-state index in [0.29, 0.717) is 17.7 Å². The molecule has 1 aliphatic carbocycles. The molecular weight excluding hydrogens is 294 g/mol. The Labute approximate surface area is 134 Å². The van der Waals surface area contributed by atoms with Gasteiger partial charge in [0.1, 0.15) is 17.8 Å². The van der Waals surface area contributed by atoms with Gasteiger partial charge >= 0.3 is 5.97 Å². The monoisotopic (exact) mass is 313 g/mol. The SMILES string of the molecule is Cc1nc(C(=O)N2[C@@H]3CCCC[C@H]3C[C@H]2C(=O)O)ccc1C#N. The molecule has 1 aliphatic heterocycles. The summed E-state index contributed by atoms with van der Waals surface area (Å²) in [5, 5.41) is 18.5. The number of aliphatic carboxylic acids is 1. The molecule has 0 bridgehead atoms. The average molecular weight is 313 g/mol. The molecule has 1 N–H and O–H groups in total. The van der Waals surface area contributed by atoms with Gasteiger partial charge in [0.05, 0.1) is 11.3 Å². The number of likely N-dealkylation sites (tertiary alicyclic amines) is 1. The molecule has 0 unspecified atom stereocenters. The van der Waals surface area contributed by atoms with Crippen LogP contribution in [-0.4, -0.2) is 39.0 Å². The largest absolute Gasteiger partial charge is 0.480 e.